The fourth-order valence-electron chi connectivity index (χ4n) is 11.3. The Labute approximate surface area is 499 Å². The molecule has 1 heterocycles. The van der Waals surface area contributed by atoms with Crippen molar-refractivity contribution in [1.82, 2.24) is 5.32 Å². The van der Waals surface area contributed by atoms with Gasteiger partial charge in [0.15, 0.2) is 12.4 Å². The molecule has 0 spiro atoms. The van der Waals surface area contributed by atoms with E-state index in [1.165, 1.54) is 244 Å². The lowest BCUT2D eigenvalue weighted by Crippen LogP contribution is -2.61. The van der Waals surface area contributed by atoms with Gasteiger partial charge < -0.3 is 45.1 Å². The first-order valence-electron chi connectivity index (χ1n) is 35.1. The number of ether oxygens (including phenoxy) is 3. The van der Waals surface area contributed by atoms with Gasteiger partial charge in [0.25, 0.3) is 0 Å². The molecule has 0 aromatic carbocycles. The maximum atomic E-state index is 13.5. The van der Waals surface area contributed by atoms with Crippen LogP contribution in [-0.2, 0) is 23.8 Å². The van der Waals surface area contributed by atoms with Gasteiger partial charge in [-0.05, 0) is 51.4 Å². The molecule has 1 amide bonds. The van der Waals surface area contributed by atoms with Crippen molar-refractivity contribution in [2.24, 2.45) is 0 Å². The van der Waals surface area contributed by atoms with E-state index in [-0.39, 0.29) is 13.0 Å². The number of hydrogen-bond acceptors (Lipinski definition) is 10. The van der Waals surface area contributed by atoms with Crippen LogP contribution in [0.5, 0.6) is 0 Å². The number of aliphatic hydroxyl groups excluding tert-OH is 5. The Bertz CT molecular complexity index is 1410. The van der Waals surface area contributed by atoms with Gasteiger partial charge in [-0.25, -0.2) is 0 Å². The zero-order valence-electron chi connectivity index (χ0n) is 53.2. The summed E-state index contributed by atoms with van der Waals surface area (Å²) in [5.74, 6) is -1.18. The van der Waals surface area contributed by atoms with Crippen molar-refractivity contribution in [2.45, 2.75) is 397 Å². The zero-order chi connectivity index (χ0) is 58.9. The van der Waals surface area contributed by atoms with Gasteiger partial charge in [0.1, 0.15) is 24.4 Å². The summed E-state index contributed by atoms with van der Waals surface area (Å²) in [6.45, 7) is 5.83. The number of allylic oxidation sites excluding steroid dienone is 3. The van der Waals surface area contributed by atoms with E-state index in [0.29, 0.717) is 19.3 Å². The summed E-state index contributed by atoms with van der Waals surface area (Å²) in [6, 6.07) is -1.02. The molecule has 0 aromatic rings. The Morgan fingerprint density at radius 1 is 0.469 bits per heavy atom. The Morgan fingerprint density at radius 2 is 0.815 bits per heavy atom. The van der Waals surface area contributed by atoms with E-state index in [0.717, 1.165) is 57.8 Å². The topological polar surface area (TPSA) is 175 Å². The minimum Gasteiger partial charge on any atom is -0.454 e. The van der Waals surface area contributed by atoms with Crippen molar-refractivity contribution in [2.75, 3.05) is 13.2 Å². The highest BCUT2D eigenvalue weighted by Crippen LogP contribution is 2.26. The molecule has 0 saturated carbocycles. The first kappa shape index (κ1) is 77.2. The minimum absolute atomic E-state index is 0.130. The van der Waals surface area contributed by atoms with Crippen LogP contribution in [0.1, 0.15) is 348 Å². The molecular formula is C70H133NO10. The number of unbranched alkanes of at least 4 members (excludes halogenated alkanes) is 45. The van der Waals surface area contributed by atoms with Crippen LogP contribution in [-0.4, -0.2) is 99.6 Å². The lowest BCUT2D eigenvalue weighted by atomic mass is 9.99. The summed E-state index contributed by atoms with van der Waals surface area (Å²) < 4.78 is 17.7. The Balaban J connectivity index is 2.56. The molecular weight excluding hydrogens is 1010 g/mol. The number of rotatable bonds is 61. The molecule has 0 aliphatic carbocycles. The van der Waals surface area contributed by atoms with Gasteiger partial charge in [-0.3, -0.25) is 9.59 Å². The smallest absolute Gasteiger partial charge is 0.306 e. The van der Waals surface area contributed by atoms with Gasteiger partial charge in [-0.15, -0.1) is 0 Å². The SMILES string of the molecule is CCCCCCCC/C=C/CCCCCCCCCCCCCCC(O)C(=O)NC(COC1OC(CO)C(O)C(O)C1OC(=O)CCCCCCCCCCCCCCCCCCCCC)C(O)/C=C/CCCCCCCCCCC. The van der Waals surface area contributed by atoms with Crippen LogP contribution < -0.4 is 5.32 Å². The Hall–Kier alpha value is -1.86. The lowest BCUT2D eigenvalue weighted by Gasteiger charge is -2.41. The molecule has 6 N–H and O–H groups in total. The standard InChI is InChI=1S/C70H133NO10/c1-4-7-10-13-16-19-22-24-26-28-30-31-32-34-35-37-39-42-45-48-51-54-57-63(74)69(78)71-61(62(73)56-53-50-47-44-41-21-18-15-12-9-6-3)60-79-70-68(67(77)66(76)64(59-72)80-70)81-65(75)58-55-52-49-46-43-40-38-36-33-29-27-25-23-20-17-14-11-8-5-2/h24,26,53,56,61-64,66-68,70,72-74,76-77H,4-23,25,27-52,54-55,57-60H2,1-3H3,(H,71,78)/b26-24+,56-53+. The third-order valence-corrected chi connectivity index (χ3v) is 16.9. The predicted octanol–water partition coefficient (Wildman–Crippen LogP) is 17.6. The molecule has 0 bridgehead atoms. The fraction of sp³-hybridized carbons (Fsp3) is 0.914. The van der Waals surface area contributed by atoms with Crippen LogP contribution in [0.2, 0.25) is 0 Å². The first-order valence-corrected chi connectivity index (χ1v) is 35.1. The van der Waals surface area contributed by atoms with Crippen LogP contribution in [0.4, 0.5) is 0 Å². The summed E-state index contributed by atoms with van der Waals surface area (Å²) in [5.41, 5.74) is 0. The van der Waals surface area contributed by atoms with Crippen LogP contribution in [0, 0.1) is 0 Å². The molecule has 478 valence electrons. The lowest BCUT2D eigenvalue weighted by molar-refractivity contribution is -0.305. The second-order valence-corrected chi connectivity index (χ2v) is 24.6. The largest absolute Gasteiger partial charge is 0.454 e. The molecule has 1 aliphatic rings. The Kier molecular flexibility index (Phi) is 55.7. The van der Waals surface area contributed by atoms with Crippen LogP contribution in [0.25, 0.3) is 0 Å². The zero-order valence-corrected chi connectivity index (χ0v) is 53.2. The molecule has 0 aromatic heterocycles. The van der Waals surface area contributed by atoms with Gasteiger partial charge in [0, 0.05) is 6.42 Å². The highest BCUT2D eigenvalue weighted by atomic mass is 16.7. The number of nitrogens with one attached hydrogen (secondary N) is 1. The average molecular weight is 1150 g/mol. The number of aliphatic hydroxyl groups is 5. The summed E-state index contributed by atoms with van der Waals surface area (Å²) in [5, 5.41) is 57.2. The van der Waals surface area contributed by atoms with Crippen molar-refractivity contribution in [3.63, 3.8) is 0 Å². The monoisotopic (exact) mass is 1150 g/mol. The Morgan fingerprint density at radius 3 is 1.20 bits per heavy atom. The minimum atomic E-state index is -1.61. The van der Waals surface area contributed by atoms with Crippen molar-refractivity contribution >= 4 is 11.9 Å². The van der Waals surface area contributed by atoms with Gasteiger partial charge in [0.2, 0.25) is 5.91 Å². The second kappa shape index (κ2) is 58.5. The first-order chi connectivity index (χ1) is 39.7. The van der Waals surface area contributed by atoms with Crippen LogP contribution >= 0.6 is 0 Å². The van der Waals surface area contributed by atoms with Gasteiger partial charge in [0.05, 0.1) is 25.4 Å². The predicted molar refractivity (Wildman–Crippen MR) is 338 cm³/mol. The van der Waals surface area contributed by atoms with Crippen molar-refractivity contribution < 1.29 is 49.3 Å². The molecule has 1 aliphatic heterocycles. The second-order valence-electron chi connectivity index (χ2n) is 24.6. The van der Waals surface area contributed by atoms with Crippen molar-refractivity contribution in [3.8, 4) is 0 Å². The molecule has 1 fully saturated rings. The molecule has 81 heavy (non-hydrogen) atoms. The van der Waals surface area contributed by atoms with Gasteiger partial charge in [-0.2, -0.15) is 0 Å². The third kappa shape index (κ3) is 46.1. The molecule has 11 heteroatoms. The number of amides is 1. The summed E-state index contributed by atoms with van der Waals surface area (Å²) in [6.07, 6.45) is 59.4. The van der Waals surface area contributed by atoms with Crippen molar-refractivity contribution in [1.29, 1.82) is 0 Å². The van der Waals surface area contributed by atoms with Crippen molar-refractivity contribution in [3.05, 3.63) is 24.3 Å². The normalized spacial score (nSPS) is 18.7. The highest BCUT2D eigenvalue weighted by Gasteiger charge is 2.47. The van der Waals surface area contributed by atoms with E-state index in [4.69, 9.17) is 14.2 Å². The van der Waals surface area contributed by atoms with E-state index in [2.05, 4.69) is 38.2 Å². The van der Waals surface area contributed by atoms with E-state index >= 15 is 0 Å². The average Bonchev–Trinajstić information content (AvgIpc) is 3.52. The number of esters is 1. The molecule has 1 rings (SSSR count). The van der Waals surface area contributed by atoms with E-state index in [1.807, 2.05) is 6.08 Å². The van der Waals surface area contributed by atoms with Crippen LogP contribution in [0.3, 0.4) is 0 Å². The third-order valence-electron chi connectivity index (χ3n) is 16.9. The maximum absolute atomic E-state index is 13.5. The summed E-state index contributed by atoms with van der Waals surface area (Å²) in [4.78, 5) is 26.6. The maximum Gasteiger partial charge on any atom is 0.306 e. The molecule has 8 atom stereocenters. The van der Waals surface area contributed by atoms with Gasteiger partial charge >= 0.3 is 5.97 Å². The molecule has 11 nitrogen and oxygen atoms in total. The van der Waals surface area contributed by atoms with Gasteiger partial charge in [-0.1, -0.05) is 315 Å². The quantitative estimate of drug-likeness (QED) is 0.0195. The number of carbonyl (C=O) groups is 2. The molecule has 8 unspecified atom stereocenters. The van der Waals surface area contributed by atoms with Crippen LogP contribution in [0.15, 0.2) is 24.3 Å². The summed E-state index contributed by atoms with van der Waals surface area (Å²) in [7, 11) is 0. The van der Waals surface area contributed by atoms with E-state index in [1.54, 1.807) is 6.08 Å². The number of hydrogen-bond donors (Lipinski definition) is 6. The fourth-order valence-corrected chi connectivity index (χ4v) is 11.3. The van der Waals surface area contributed by atoms with E-state index < -0.39 is 67.4 Å². The molecule has 0 radical (unpaired) electrons. The molecule has 1 saturated heterocycles. The van der Waals surface area contributed by atoms with E-state index in [9.17, 15) is 35.1 Å². The number of carbonyl (C=O) groups excluding carboxylic acids is 2. The highest BCUT2D eigenvalue weighted by molar-refractivity contribution is 5.80. The summed E-state index contributed by atoms with van der Waals surface area (Å²) >= 11 is 0.